The van der Waals surface area contributed by atoms with Crippen LogP contribution in [-0.4, -0.2) is 32.9 Å². The SMILES string of the molecule is CCO[N+]1(c2cc[c]cc2)CCOCC1. The Balaban J connectivity index is 2.25. The van der Waals surface area contributed by atoms with E-state index in [0.29, 0.717) is 4.65 Å². The fraction of sp³-hybridized carbons (Fsp3) is 0.500. The first-order valence-electron chi connectivity index (χ1n) is 5.43. The van der Waals surface area contributed by atoms with E-state index in [1.165, 1.54) is 5.69 Å². The number of hydroxylamine groups is 2. The van der Waals surface area contributed by atoms with Crippen molar-refractivity contribution in [2.75, 3.05) is 32.9 Å². The molecule has 1 aliphatic rings. The molecule has 0 aliphatic carbocycles. The largest absolute Gasteiger partial charge is 0.369 e. The van der Waals surface area contributed by atoms with Crippen LogP contribution in [-0.2, 0) is 9.57 Å². The summed E-state index contributed by atoms with van der Waals surface area (Å²) in [5.74, 6) is 0. The number of quaternary nitrogens is 1. The van der Waals surface area contributed by atoms with Gasteiger partial charge in [-0.15, -0.1) is 4.65 Å². The number of nitrogens with zero attached hydrogens (tertiary/aromatic N) is 1. The van der Waals surface area contributed by atoms with Crippen molar-refractivity contribution in [3.05, 3.63) is 30.3 Å². The minimum absolute atomic E-state index is 0.588. The van der Waals surface area contributed by atoms with Crippen LogP contribution in [0.25, 0.3) is 0 Å². The van der Waals surface area contributed by atoms with E-state index >= 15 is 0 Å². The van der Waals surface area contributed by atoms with Gasteiger partial charge in [-0.3, -0.25) is 0 Å². The van der Waals surface area contributed by atoms with E-state index in [1.54, 1.807) is 0 Å². The second kappa shape index (κ2) is 4.75. The Morgan fingerprint density at radius 1 is 1.33 bits per heavy atom. The van der Waals surface area contributed by atoms with Crippen LogP contribution in [0.4, 0.5) is 5.69 Å². The summed E-state index contributed by atoms with van der Waals surface area (Å²) in [5, 5.41) is 0. The fourth-order valence-electron chi connectivity index (χ4n) is 2.00. The van der Waals surface area contributed by atoms with Crippen LogP contribution >= 0.6 is 0 Å². The minimum Gasteiger partial charge on any atom is -0.369 e. The lowest BCUT2D eigenvalue weighted by Crippen LogP contribution is -2.56. The van der Waals surface area contributed by atoms with Crippen LogP contribution in [0.15, 0.2) is 24.3 Å². The van der Waals surface area contributed by atoms with Crippen LogP contribution in [0.5, 0.6) is 0 Å². The van der Waals surface area contributed by atoms with Gasteiger partial charge in [0.05, 0.1) is 13.2 Å². The van der Waals surface area contributed by atoms with E-state index in [0.717, 1.165) is 32.9 Å². The van der Waals surface area contributed by atoms with Gasteiger partial charge in [-0.2, -0.15) is 4.84 Å². The molecule has 81 valence electrons. The average Bonchev–Trinajstić information content (AvgIpc) is 2.32. The Labute approximate surface area is 90.8 Å². The quantitative estimate of drug-likeness (QED) is 0.703. The zero-order chi connectivity index (χ0) is 10.6. The molecule has 0 spiro atoms. The van der Waals surface area contributed by atoms with E-state index in [9.17, 15) is 0 Å². The van der Waals surface area contributed by atoms with Gasteiger partial charge >= 0.3 is 0 Å². The van der Waals surface area contributed by atoms with Gasteiger partial charge in [-0.1, -0.05) is 0 Å². The lowest BCUT2D eigenvalue weighted by Gasteiger charge is -2.37. The molecule has 0 aromatic heterocycles. The van der Waals surface area contributed by atoms with E-state index in [4.69, 9.17) is 9.57 Å². The predicted octanol–water partition coefficient (Wildman–Crippen LogP) is 1.78. The van der Waals surface area contributed by atoms with Crippen molar-refractivity contribution in [1.82, 2.24) is 4.65 Å². The molecule has 1 aromatic rings. The molecule has 1 heterocycles. The molecule has 1 aromatic carbocycles. The van der Waals surface area contributed by atoms with Gasteiger partial charge in [-0.25, -0.2) is 0 Å². The number of hydrogen-bond acceptors (Lipinski definition) is 2. The van der Waals surface area contributed by atoms with E-state index in [-0.39, 0.29) is 0 Å². The first-order valence-corrected chi connectivity index (χ1v) is 5.43. The van der Waals surface area contributed by atoms with Crippen molar-refractivity contribution >= 4 is 5.69 Å². The van der Waals surface area contributed by atoms with Gasteiger partial charge in [0.2, 0.25) is 0 Å². The van der Waals surface area contributed by atoms with Crippen molar-refractivity contribution in [2.45, 2.75) is 6.92 Å². The van der Waals surface area contributed by atoms with Crippen molar-refractivity contribution in [3.8, 4) is 0 Å². The molecule has 1 fully saturated rings. The molecule has 2 rings (SSSR count). The Kier molecular flexibility index (Phi) is 3.36. The molecule has 0 atom stereocenters. The molecular weight excluding hydrogens is 190 g/mol. The molecule has 3 heteroatoms. The Morgan fingerprint density at radius 3 is 2.60 bits per heavy atom. The molecule has 1 aliphatic heterocycles. The van der Waals surface area contributed by atoms with Crippen LogP contribution in [0.3, 0.4) is 0 Å². The fourth-order valence-corrected chi connectivity index (χ4v) is 2.00. The van der Waals surface area contributed by atoms with Crippen molar-refractivity contribution in [1.29, 1.82) is 0 Å². The number of rotatable bonds is 3. The summed E-state index contributed by atoms with van der Waals surface area (Å²) >= 11 is 0. The third-order valence-electron chi connectivity index (χ3n) is 2.74. The van der Waals surface area contributed by atoms with Gasteiger partial charge in [0.1, 0.15) is 19.7 Å². The zero-order valence-electron chi connectivity index (χ0n) is 9.11. The molecule has 0 unspecified atom stereocenters. The van der Waals surface area contributed by atoms with E-state index < -0.39 is 0 Å². The second-order valence-corrected chi connectivity index (χ2v) is 3.62. The zero-order valence-corrected chi connectivity index (χ0v) is 9.11. The highest BCUT2D eigenvalue weighted by Crippen LogP contribution is 2.24. The summed E-state index contributed by atoms with van der Waals surface area (Å²) in [6.45, 7) is 6.05. The second-order valence-electron chi connectivity index (χ2n) is 3.62. The highest BCUT2D eigenvalue weighted by molar-refractivity contribution is 5.40. The minimum atomic E-state index is 0.588. The normalized spacial score (nSPS) is 20.1. The van der Waals surface area contributed by atoms with Gasteiger partial charge in [0, 0.05) is 12.1 Å². The van der Waals surface area contributed by atoms with Gasteiger partial charge in [0.15, 0.2) is 5.69 Å². The molecule has 0 bridgehead atoms. The van der Waals surface area contributed by atoms with Crippen molar-refractivity contribution in [2.24, 2.45) is 0 Å². The van der Waals surface area contributed by atoms with Crippen LogP contribution in [0, 0.1) is 6.07 Å². The number of ether oxygens (including phenoxy) is 1. The van der Waals surface area contributed by atoms with Crippen molar-refractivity contribution in [3.63, 3.8) is 0 Å². The number of benzene rings is 1. The molecular formula is C12H17NO2+. The molecule has 1 radical (unpaired) electrons. The van der Waals surface area contributed by atoms with Gasteiger partial charge < -0.3 is 4.74 Å². The first kappa shape index (κ1) is 10.6. The lowest BCUT2D eigenvalue weighted by molar-refractivity contribution is -0.179. The van der Waals surface area contributed by atoms with Gasteiger partial charge in [-0.05, 0) is 25.1 Å². The molecule has 0 amide bonds. The van der Waals surface area contributed by atoms with Crippen LogP contribution < -0.4 is 4.65 Å². The molecule has 0 N–H and O–H groups in total. The topological polar surface area (TPSA) is 18.5 Å². The Hall–Kier alpha value is -0.900. The third-order valence-corrected chi connectivity index (χ3v) is 2.74. The summed E-state index contributed by atoms with van der Waals surface area (Å²) in [5.41, 5.74) is 1.19. The first-order chi connectivity index (χ1) is 7.37. The summed E-state index contributed by atoms with van der Waals surface area (Å²) < 4.78 is 5.98. The summed E-state index contributed by atoms with van der Waals surface area (Å²) in [6, 6.07) is 11.0. The molecule has 15 heavy (non-hydrogen) atoms. The molecule has 1 saturated heterocycles. The summed E-state index contributed by atoms with van der Waals surface area (Å²) in [7, 11) is 0. The standard InChI is InChI=1S/C12H17NO2/c1-2-15-13(8-10-14-11-9-13)12-6-4-3-5-7-12/h4-7H,2,8-11H2,1H3/q+1. The summed E-state index contributed by atoms with van der Waals surface area (Å²) in [6.07, 6.45) is 0. The Morgan fingerprint density at radius 2 is 2.00 bits per heavy atom. The van der Waals surface area contributed by atoms with E-state index in [1.807, 2.05) is 19.1 Å². The maximum absolute atomic E-state index is 5.90. The smallest absolute Gasteiger partial charge is 0.165 e. The summed E-state index contributed by atoms with van der Waals surface area (Å²) in [4.78, 5) is 5.90. The maximum Gasteiger partial charge on any atom is 0.165 e. The predicted molar refractivity (Wildman–Crippen MR) is 59.3 cm³/mol. The lowest BCUT2D eigenvalue weighted by atomic mass is 10.2. The number of morpholine rings is 1. The number of hydrogen-bond donors (Lipinski definition) is 0. The monoisotopic (exact) mass is 207 g/mol. The molecule has 3 nitrogen and oxygen atoms in total. The van der Waals surface area contributed by atoms with Gasteiger partial charge in [0.25, 0.3) is 0 Å². The highest BCUT2D eigenvalue weighted by Gasteiger charge is 2.34. The van der Waals surface area contributed by atoms with Crippen LogP contribution in [0.1, 0.15) is 6.92 Å². The Bertz CT molecular complexity index is 288. The van der Waals surface area contributed by atoms with E-state index in [2.05, 4.69) is 18.2 Å². The molecule has 0 saturated carbocycles. The van der Waals surface area contributed by atoms with Crippen molar-refractivity contribution < 1.29 is 9.57 Å². The maximum atomic E-state index is 5.90. The third kappa shape index (κ3) is 2.20. The van der Waals surface area contributed by atoms with Crippen LogP contribution in [0.2, 0.25) is 0 Å². The highest BCUT2D eigenvalue weighted by atomic mass is 16.7. The average molecular weight is 207 g/mol.